The van der Waals surface area contributed by atoms with Crippen molar-refractivity contribution in [3.8, 4) is 5.75 Å². The number of methoxy groups -OCH3 is 1. The molecule has 0 amide bonds. The molecule has 0 unspecified atom stereocenters. The van der Waals surface area contributed by atoms with Gasteiger partial charge in [0, 0.05) is 0 Å². The van der Waals surface area contributed by atoms with Crippen molar-refractivity contribution in [3.63, 3.8) is 0 Å². The van der Waals surface area contributed by atoms with Gasteiger partial charge in [-0.2, -0.15) is 0 Å². The van der Waals surface area contributed by atoms with Crippen LogP contribution >= 0.6 is 0 Å². The first kappa shape index (κ1) is 12.3. The molecule has 3 nitrogen and oxygen atoms in total. The molecule has 3 heteroatoms. The van der Waals surface area contributed by atoms with E-state index in [9.17, 15) is 4.79 Å². The lowest BCUT2D eigenvalue weighted by atomic mass is 9.98. The van der Waals surface area contributed by atoms with E-state index in [-0.39, 0.29) is 5.78 Å². The van der Waals surface area contributed by atoms with Gasteiger partial charge in [-0.1, -0.05) is 0 Å². The zero-order valence-corrected chi connectivity index (χ0v) is 10.7. The molecule has 0 saturated carbocycles. The summed E-state index contributed by atoms with van der Waals surface area (Å²) in [6.45, 7) is 3.62. The average molecular weight is 241 g/mol. The number of benzene rings is 1. The first-order valence-electron chi connectivity index (χ1n) is 5.74. The van der Waals surface area contributed by atoms with Crippen molar-refractivity contribution in [3.05, 3.63) is 47.6 Å². The number of ketones is 1. The minimum absolute atomic E-state index is 0.0867. The van der Waals surface area contributed by atoms with E-state index < -0.39 is 0 Å². The van der Waals surface area contributed by atoms with Gasteiger partial charge < -0.3 is 4.74 Å². The van der Waals surface area contributed by atoms with Crippen molar-refractivity contribution in [2.75, 3.05) is 7.11 Å². The van der Waals surface area contributed by atoms with E-state index in [0.29, 0.717) is 0 Å². The Balaban J connectivity index is 2.30. The summed E-state index contributed by atoms with van der Waals surface area (Å²) in [5.41, 5.74) is 3.09. The van der Waals surface area contributed by atoms with Crippen LogP contribution in [-0.2, 0) is 4.79 Å². The minimum Gasteiger partial charge on any atom is -0.497 e. The highest BCUT2D eigenvalue weighted by atomic mass is 16.5. The smallest absolute Gasteiger partial charge is 0.184 e. The number of allylic oxidation sites excluding steroid dienone is 4. The van der Waals surface area contributed by atoms with Gasteiger partial charge in [-0.3, -0.25) is 4.79 Å². The van der Waals surface area contributed by atoms with Crippen LogP contribution in [0, 0.1) is 0 Å². The van der Waals surface area contributed by atoms with Gasteiger partial charge in [-0.25, -0.2) is 4.99 Å². The molecular formula is C15H15NO2. The number of Topliss-reactive ketones (excluding diaryl/α,β-unsaturated/α-hetero) is 1. The highest BCUT2D eigenvalue weighted by Gasteiger charge is 2.13. The molecule has 1 aromatic carbocycles. The highest BCUT2D eigenvalue weighted by molar-refractivity contribution is 6.21. The zero-order valence-electron chi connectivity index (χ0n) is 10.7. The Kier molecular flexibility index (Phi) is 3.42. The average Bonchev–Trinajstić information content (AvgIpc) is 2.37. The van der Waals surface area contributed by atoms with Crippen molar-refractivity contribution in [1.82, 2.24) is 0 Å². The number of rotatable bonds is 2. The van der Waals surface area contributed by atoms with Crippen LogP contribution in [0.3, 0.4) is 0 Å². The lowest BCUT2D eigenvalue weighted by molar-refractivity contribution is -0.112. The molecule has 0 radical (unpaired) electrons. The maximum Gasteiger partial charge on any atom is 0.184 e. The van der Waals surface area contributed by atoms with Crippen LogP contribution in [-0.4, -0.2) is 18.6 Å². The molecule has 1 aromatic rings. The van der Waals surface area contributed by atoms with Crippen molar-refractivity contribution in [2.24, 2.45) is 4.99 Å². The molecule has 92 valence electrons. The normalized spacial score (nSPS) is 15.1. The quantitative estimate of drug-likeness (QED) is 0.745. The van der Waals surface area contributed by atoms with Crippen LogP contribution in [0.1, 0.15) is 13.8 Å². The van der Waals surface area contributed by atoms with E-state index in [1.165, 1.54) is 0 Å². The predicted octanol–water partition coefficient (Wildman–Crippen LogP) is 3.24. The fourth-order valence-corrected chi connectivity index (χ4v) is 1.80. The SMILES string of the molecule is COc1ccc(N=C2C=C(C)C(=O)C(C)=C2)cc1. The molecular weight excluding hydrogens is 226 g/mol. The highest BCUT2D eigenvalue weighted by Crippen LogP contribution is 2.20. The minimum atomic E-state index is 0.0867. The largest absolute Gasteiger partial charge is 0.497 e. The van der Waals surface area contributed by atoms with Gasteiger partial charge in [0.2, 0.25) is 0 Å². The Hall–Kier alpha value is -2.16. The third-order valence-electron chi connectivity index (χ3n) is 2.78. The van der Waals surface area contributed by atoms with Crippen LogP contribution in [0.4, 0.5) is 5.69 Å². The maximum atomic E-state index is 11.6. The molecule has 0 bridgehead atoms. The Labute approximate surface area is 107 Å². The summed E-state index contributed by atoms with van der Waals surface area (Å²) in [6.07, 6.45) is 3.61. The van der Waals surface area contributed by atoms with E-state index in [0.717, 1.165) is 28.3 Å². The standard InChI is InChI=1S/C15H15NO2/c1-10-8-13(9-11(2)15(10)17)16-12-4-6-14(18-3)7-5-12/h4-9H,1-3H3. The van der Waals surface area contributed by atoms with Crippen molar-refractivity contribution in [2.45, 2.75) is 13.8 Å². The van der Waals surface area contributed by atoms with E-state index in [4.69, 9.17) is 4.74 Å². The molecule has 0 heterocycles. The molecule has 1 aliphatic rings. The van der Waals surface area contributed by atoms with Gasteiger partial charge in [0.05, 0.1) is 18.5 Å². The summed E-state index contributed by atoms with van der Waals surface area (Å²) in [5, 5.41) is 0. The molecule has 0 N–H and O–H groups in total. The van der Waals surface area contributed by atoms with Crippen LogP contribution in [0.15, 0.2) is 52.6 Å². The second kappa shape index (κ2) is 5.00. The summed E-state index contributed by atoms with van der Waals surface area (Å²) in [6, 6.07) is 7.49. The maximum absolute atomic E-state index is 11.6. The Morgan fingerprint density at radius 2 is 1.56 bits per heavy atom. The van der Waals surface area contributed by atoms with Crippen LogP contribution in [0.2, 0.25) is 0 Å². The van der Waals surface area contributed by atoms with Gasteiger partial charge in [-0.05, 0) is 61.4 Å². The van der Waals surface area contributed by atoms with E-state index in [1.807, 2.05) is 38.1 Å². The summed E-state index contributed by atoms with van der Waals surface area (Å²) in [7, 11) is 1.63. The molecule has 0 atom stereocenters. The van der Waals surface area contributed by atoms with E-state index in [2.05, 4.69) is 4.99 Å². The third kappa shape index (κ3) is 2.56. The Morgan fingerprint density at radius 3 is 2.06 bits per heavy atom. The van der Waals surface area contributed by atoms with Crippen molar-refractivity contribution in [1.29, 1.82) is 0 Å². The number of ether oxygens (including phenoxy) is 1. The van der Waals surface area contributed by atoms with Crippen LogP contribution < -0.4 is 4.74 Å². The predicted molar refractivity (Wildman–Crippen MR) is 72.6 cm³/mol. The van der Waals surface area contributed by atoms with Crippen LogP contribution in [0.5, 0.6) is 5.75 Å². The molecule has 0 spiro atoms. The topological polar surface area (TPSA) is 38.7 Å². The molecule has 2 rings (SSSR count). The molecule has 18 heavy (non-hydrogen) atoms. The van der Waals surface area contributed by atoms with Gasteiger partial charge >= 0.3 is 0 Å². The number of carbonyl (C=O) groups excluding carboxylic acids is 1. The number of hydrogen-bond donors (Lipinski definition) is 0. The molecule has 1 aliphatic carbocycles. The van der Waals surface area contributed by atoms with Gasteiger partial charge in [0.15, 0.2) is 5.78 Å². The fourth-order valence-electron chi connectivity index (χ4n) is 1.80. The number of carbonyl (C=O) groups is 1. The molecule has 0 saturated heterocycles. The summed E-state index contributed by atoms with van der Waals surface area (Å²) >= 11 is 0. The van der Waals surface area contributed by atoms with Crippen molar-refractivity contribution < 1.29 is 9.53 Å². The Bertz CT molecular complexity index is 539. The number of aliphatic imine (C=N–C) groups is 1. The summed E-state index contributed by atoms with van der Waals surface area (Å²) < 4.78 is 5.09. The first-order valence-corrected chi connectivity index (χ1v) is 5.74. The van der Waals surface area contributed by atoms with Gasteiger partial charge in [0.1, 0.15) is 5.75 Å². The summed E-state index contributed by atoms with van der Waals surface area (Å²) in [5.74, 6) is 0.889. The molecule has 0 aromatic heterocycles. The van der Waals surface area contributed by atoms with E-state index in [1.54, 1.807) is 19.3 Å². The second-order valence-corrected chi connectivity index (χ2v) is 4.22. The van der Waals surface area contributed by atoms with Gasteiger partial charge in [0.25, 0.3) is 0 Å². The zero-order chi connectivity index (χ0) is 13.1. The van der Waals surface area contributed by atoms with E-state index >= 15 is 0 Å². The monoisotopic (exact) mass is 241 g/mol. The third-order valence-corrected chi connectivity index (χ3v) is 2.78. The van der Waals surface area contributed by atoms with Gasteiger partial charge in [-0.15, -0.1) is 0 Å². The molecule has 0 fully saturated rings. The Morgan fingerprint density at radius 1 is 1.00 bits per heavy atom. The number of nitrogens with zero attached hydrogens (tertiary/aromatic N) is 1. The van der Waals surface area contributed by atoms with Crippen LogP contribution in [0.25, 0.3) is 0 Å². The van der Waals surface area contributed by atoms with Crippen molar-refractivity contribution >= 4 is 17.2 Å². The fraction of sp³-hybridized carbons (Fsp3) is 0.200. The number of hydrogen-bond acceptors (Lipinski definition) is 3. The first-order chi connectivity index (χ1) is 8.60. The lowest BCUT2D eigenvalue weighted by Crippen LogP contribution is -2.10. The second-order valence-electron chi connectivity index (χ2n) is 4.22. The lowest BCUT2D eigenvalue weighted by Gasteiger charge is -2.08. The summed E-state index contributed by atoms with van der Waals surface area (Å²) in [4.78, 5) is 16.1. The molecule has 0 aliphatic heterocycles.